The van der Waals surface area contributed by atoms with Crippen LogP contribution in [0.3, 0.4) is 0 Å². The third-order valence-electron chi connectivity index (χ3n) is 2.38. The first-order valence-electron chi connectivity index (χ1n) is 6.22. The van der Waals surface area contributed by atoms with Crippen molar-refractivity contribution in [3.63, 3.8) is 0 Å². The van der Waals surface area contributed by atoms with Crippen molar-refractivity contribution in [1.82, 2.24) is 20.2 Å². The smallest absolute Gasteiger partial charge is 0.357 e. The van der Waals surface area contributed by atoms with Crippen molar-refractivity contribution in [3.8, 4) is 0 Å². The average Bonchev–Trinajstić information content (AvgIpc) is 2.82. The maximum Gasteiger partial charge on any atom is 0.390 e. The topological polar surface area (TPSA) is 54.2 Å². The summed E-state index contributed by atoms with van der Waals surface area (Å²) in [6.45, 7) is -1.09. The standard InChI is InChI=1S/C11H16F5N5/c1-2-17-10(19-4-3-11(14,15)16)20-7-8-18-5-6-21(8)9(12)13/h5-6,9H,2-4,7H2,1H3,(H2,17,19,20). The largest absolute Gasteiger partial charge is 0.390 e. The fourth-order valence-corrected chi connectivity index (χ4v) is 1.46. The molecule has 120 valence electrons. The van der Waals surface area contributed by atoms with E-state index in [0.29, 0.717) is 11.1 Å². The molecule has 10 heteroatoms. The second kappa shape index (κ2) is 7.79. The summed E-state index contributed by atoms with van der Waals surface area (Å²) in [6.07, 6.45) is -2.96. The zero-order valence-electron chi connectivity index (χ0n) is 11.3. The van der Waals surface area contributed by atoms with Gasteiger partial charge in [-0.05, 0) is 6.92 Å². The molecule has 5 nitrogen and oxygen atoms in total. The molecule has 0 aliphatic heterocycles. The zero-order chi connectivity index (χ0) is 15.9. The number of imidazole rings is 1. The van der Waals surface area contributed by atoms with Crippen LogP contribution in [0.2, 0.25) is 0 Å². The van der Waals surface area contributed by atoms with E-state index in [-0.39, 0.29) is 24.9 Å². The van der Waals surface area contributed by atoms with E-state index < -0.39 is 19.1 Å². The molecule has 0 saturated carbocycles. The van der Waals surface area contributed by atoms with Gasteiger partial charge in [0.2, 0.25) is 0 Å². The Labute approximate surface area is 118 Å². The Morgan fingerprint density at radius 1 is 1.38 bits per heavy atom. The number of aliphatic imine (C=N–C) groups is 1. The van der Waals surface area contributed by atoms with Crippen LogP contribution in [0.1, 0.15) is 25.7 Å². The number of guanidine groups is 1. The number of nitrogens with one attached hydrogen (secondary N) is 2. The van der Waals surface area contributed by atoms with Gasteiger partial charge < -0.3 is 10.6 Å². The molecule has 0 saturated heterocycles. The van der Waals surface area contributed by atoms with E-state index in [1.165, 1.54) is 6.20 Å². The first-order chi connectivity index (χ1) is 9.83. The van der Waals surface area contributed by atoms with Crippen molar-refractivity contribution in [1.29, 1.82) is 0 Å². The summed E-state index contributed by atoms with van der Waals surface area (Å²) in [5, 5.41) is 5.21. The molecule has 1 aromatic heterocycles. The lowest BCUT2D eigenvalue weighted by atomic mass is 10.4. The van der Waals surface area contributed by atoms with Crippen molar-refractivity contribution in [2.24, 2.45) is 4.99 Å². The van der Waals surface area contributed by atoms with Gasteiger partial charge in [0, 0.05) is 25.5 Å². The van der Waals surface area contributed by atoms with Crippen LogP contribution in [0.15, 0.2) is 17.4 Å². The second-order valence-electron chi connectivity index (χ2n) is 4.02. The van der Waals surface area contributed by atoms with Gasteiger partial charge in [-0.3, -0.25) is 4.57 Å². The van der Waals surface area contributed by atoms with Crippen molar-refractivity contribution in [2.75, 3.05) is 13.1 Å². The van der Waals surface area contributed by atoms with Crippen LogP contribution < -0.4 is 10.6 Å². The highest BCUT2D eigenvalue weighted by molar-refractivity contribution is 5.79. The van der Waals surface area contributed by atoms with Gasteiger partial charge in [0.1, 0.15) is 12.4 Å². The fraction of sp³-hybridized carbons (Fsp3) is 0.636. The molecule has 0 fully saturated rings. The van der Waals surface area contributed by atoms with E-state index in [4.69, 9.17) is 0 Å². The maximum atomic E-state index is 12.6. The summed E-state index contributed by atoms with van der Waals surface area (Å²) in [6, 6.07) is 0. The molecule has 0 aliphatic carbocycles. The SMILES string of the molecule is CCNC(=NCc1nccn1C(F)F)NCCC(F)(F)F. The molecular weight excluding hydrogens is 297 g/mol. The van der Waals surface area contributed by atoms with E-state index >= 15 is 0 Å². The average molecular weight is 313 g/mol. The molecule has 2 N–H and O–H groups in total. The molecule has 0 amide bonds. The van der Waals surface area contributed by atoms with Crippen LogP contribution in [-0.4, -0.2) is 34.8 Å². The number of hydrogen-bond donors (Lipinski definition) is 2. The van der Waals surface area contributed by atoms with Crippen molar-refractivity contribution >= 4 is 5.96 Å². The minimum absolute atomic E-state index is 0.0259. The molecule has 0 bridgehead atoms. The van der Waals surface area contributed by atoms with Gasteiger partial charge in [0.15, 0.2) is 5.96 Å². The Morgan fingerprint density at radius 3 is 2.67 bits per heavy atom. The van der Waals surface area contributed by atoms with Crippen LogP contribution >= 0.6 is 0 Å². The number of rotatable bonds is 6. The van der Waals surface area contributed by atoms with E-state index in [2.05, 4.69) is 20.6 Å². The van der Waals surface area contributed by atoms with Crippen LogP contribution in [0.4, 0.5) is 22.0 Å². The third-order valence-corrected chi connectivity index (χ3v) is 2.38. The third kappa shape index (κ3) is 6.41. The first-order valence-corrected chi connectivity index (χ1v) is 6.22. The molecule has 1 rings (SSSR count). The lowest BCUT2D eigenvalue weighted by Gasteiger charge is -2.12. The van der Waals surface area contributed by atoms with Crippen molar-refractivity contribution in [3.05, 3.63) is 18.2 Å². The van der Waals surface area contributed by atoms with Crippen molar-refractivity contribution < 1.29 is 22.0 Å². The lowest BCUT2D eigenvalue weighted by molar-refractivity contribution is -0.132. The molecule has 1 heterocycles. The molecule has 0 radical (unpaired) electrons. The minimum atomic E-state index is -4.27. The van der Waals surface area contributed by atoms with Gasteiger partial charge in [0.05, 0.1) is 6.42 Å². The summed E-state index contributed by atoms with van der Waals surface area (Å²) < 4.78 is 62.0. The van der Waals surface area contributed by atoms with Crippen LogP contribution in [0, 0.1) is 0 Å². The summed E-state index contributed by atoms with van der Waals surface area (Å²) in [4.78, 5) is 7.66. The summed E-state index contributed by atoms with van der Waals surface area (Å²) in [5.41, 5.74) is 0. The summed E-state index contributed by atoms with van der Waals surface area (Å²) >= 11 is 0. The van der Waals surface area contributed by atoms with Gasteiger partial charge in [-0.15, -0.1) is 0 Å². The number of nitrogens with zero attached hydrogens (tertiary/aromatic N) is 3. The Balaban J connectivity index is 2.60. The maximum absolute atomic E-state index is 12.6. The molecule has 0 unspecified atom stereocenters. The predicted octanol–water partition coefficient (Wildman–Crippen LogP) is 2.29. The number of alkyl halides is 5. The van der Waals surface area contributed by atoms with Gasteiger partial charge in [-0.2, -0.15) is 22.0 Å². The van der Waals surface area contributed by atoms with Crippen LogP contribution in [-0.2, 0) is 6.54 Å². The van der Waals surface area contributed by atoms with E-state index in [1.807, 2.05) is 0 Å². The highest BCUT2D eigenvalue weighted by Gasteiger charge is 2.26. The monoisotopic (exact) mass is 313 g/mol. The van der Waals surface area contributed by atoms with Gasteiger partial charge in [-0.1, -0.05) is 0 Å². The molecule has 0 aliphatic rings. The second-order valence-corrected chi connectivity index (χ2v) is 4.02. The highest BCUT2D eigenvalue weighted by Crippen LogP contribution is 2.18. The molecule has 1 aromatic rings. The Kier molecular flexibility index (Phi) is 6.38. The predicted molar refractivity (Wildman–Crippen MR) is 67.0 cm³/mol. The Morgan fingerprint density at radius 2 is 2.10 bits per heavy atom. The first kappa shape index (κ1) is 17.2. The van der Waals surface area contributed by atoms with Crippen molar-refractivity contribution in [2.45, 2.75) is 32.6 Å². The molecule has 21 heavy (non-hydrogen) atoms. The minimum Gasteiger partial charge on any atom is -0.357 e. The van der Waals surface area contributed by atoms with E-state index in [0.717, 1.165) is 6.20 Å². The molecule has 0 spiro atoms. The fourth-order valence-electron chi connectivity index (χ4n) is 1.46. The number of hydrogen-bond acceptors (Lipinski definition) is 2. The van der Waals surface area contributed by atoms with Gasteiger partial charge in [0.25, 0.3) is 0 Å². The number of halogens is 5. The highest BCUT2D eigenvalue weighted by atomic mass is 19.4. The van der Waals surface area contributed by atoms with Gasteiger partial charge in [-0.25, -0.2) is 9.98 Å². The molecular formula is C11H16F5N5. The molecule has 0 aromatic carbocycles. The Hall–Kier alpha value is -1.87. The van der Waals surface area contributed by atoms with Crippen LogP contribution in [0.5, 0.6) is 0 Å². The Bertz CT molecular complexity index is 454. The van der Waals surface area contributed by atoms with E-state index in [9.17, 15) is 22.0 Å². The van der Waals surface area contributed by atoms with Gasteiger partial charge >= 0.3 is 12.7 Å². The van der Waals surface area contributed by atoms with Crippen LogP contribution in [0.25, 0.3) is 0 Å². The quantitative estimate of drug-likeness (QED) is 0.481. The zero-order valence-corrected chi connectivity index (χ0v) is 11.3. The molecule has 0 atom stereocenters. The number of aromatic nitrogens is 2. The normalized spacial score (nSPS) is 12.8. The summed E-state index contributed by atoms with van der Waals surface area (Å²) in [5.74, 6) is 0.142. The lowest BCUT2D eigenvalue weighted by Crippen LogP contribution is -2.39. The summed E-state index contributed by atoms with van der Waals surface area (Å²) in [7, 11) is 0. The van der Waals surface area contributed by atoms with E-state index in [1.54, 1.807) is 6.92 Å².